The topological polar surface area (TPSA) is 9.23 Å². The van der Waals surface area contributed by atoms with Crippen LogP contribution in [0.2, 0.25) is 6.55 Å². The third-order valence-corrected chi connectivity index (χ3v) is 5.06. The summed E-state index contributed by atoms with van der Waals surface area (Å²) in [5.74, 6) is 0. The summed E-state index contributed by atoms with van der Waals surface area (Å²) >= 11 is 0. The number of hydrogen-bond donors (Lipinski definition) is 0. The summed E-state index contributed by atoms with van der Waals surface area (Å²) in [5, 5.41) is 1.46. The maximum atomic E-state index is 5.98. The molecule has 1 aromatic carbocycles. The minimum absolute atomic E-state index is 0.769. The Labute approximate surface area is 106 Å². The number of benzene rings is 1. The van der Waals surface area contributed by atoms with Crippen molar-refractivity contribution in [3.05, 3.63) is 35.4 Å². The highest BCUT2D eigenvalue weighted by Crippen LogP contribution is 2.34. The summed E-state index contributed by atoms with van der Waals surface area (Å²) in [5.41, 5.74) is 2.79. The predicted octanol–water partition coefficient (Wildman–Crippen LogP) is 4.30. The number of unbranched alkanes of at least 4 members (excludes halogenated alkanes) is 3. The van der Waals surface area contributed by atoms with Crippen LogP contribution in [0.25, 0.3) is 11.3 Å². The highest BCUT2D eigenvalue weighted by molar-refractivity contribution is 6.75. The molecule has 0 amide bonds. The van der Waals surface area contributed by atoms with Gasteiger partial charge in [-0.2, -0.15) is 0 Å². The Kier molecular flexibility index (Phi) is 4.57. The Hall–Kier alpha value is -0.863. The van der Waals surface area contributed by atoms with Crippen molar-refractivity contribution in [2.45, 2.75) is 39.2 Å². The Morgan fingerprint density at radius 1 is 1.12 bits per heavy atom. The molecule has 0 spiro atoms. The fraction of sp³-hybridized carbons (Fsp3) is 0.467. The van der Waals surface area contributed by atoms with Crippen LogP contribution >= 0.6 is 0 Å². The van der Waals surface area contributed by atoms with E-state index in [0.717, 1.165) is 6.61 Å². The van der Waals surface area contributed by atoms with Crippen LogP contribution in [0.1, 0.15) is 43.7 Å². The Balaban J connectivity index is 1.74. The third kappa shape index (κ3) is 3.08. The predicted molar refractivity (Wildman–Crippen MR) is 76.0 cm³/mol. The highest BCUT2D eigenvalue weighted by atomic mass is 28.3. The molecule has 0 saturated heterocycles. The standard InChI is InChI=1S/C15H21OSi/c1-3-4-5-8-11-16-17(2)15-12-13-9-6-7-10-14(13)15/h6-7,9-10,12H,3-5,8,11H2,1-2H3. The Morgan fingerprint density at radius 3 is 2.71 bits per heavy atom. The van der Waals surface area contributed by atoms with Gasteiger partial charge in [-0.25, -0.2) is 0 Å². The summed E-state index contributed by atoms with van der Waals surface area (Å²) in [6.07, 6.45) is 7.44. The Bertz CT molecular complexity index is 398. The molecule has 0 aromatic heterocycles. The van der Waals surface area contributed by atoms with E-state index in [-0.39, 0.29) is 0 Å². The van der Waals surface area contributed by atoms with Crippen molar-refractivity contribution >= 4 is 20.3 Å². The highest BCUT2D eigenvalue weighted by Gasteiger charge is 2.23. The van der Waals surface area contributed by atoms with Crippen LogP contribution in [0.4, 0.5) is 0 Å². The number of rotatable bonds is 7. The fourth-order valence-corrected chi connectivity index (χ4v) is 3.72. The lowest BCUT2D eigenvalue weighted by Gasteiger charge is -2.23. The van der Waals surface area contributed by atoms with Gasteiger partial charge < -0.3 is 4.43 Å². The van der Waals surface area contributed by atoms with Crippen molar-refractivity contribution < 1.29 is 4.43 Å². The van der Waals surface area contributed by atoms with E-state index in [9.17, 15) is 0 Å². The van der Waals surface area contributed by atoms with Gasteiger partial charge in [0.25, 0.3) is 0 Å². The molecule has 0 atom stereocenters. The van der Waals surface area contributed by atoms with Gasteiger partial charge in [0.05, 0.1) is 0 Å². The molecule has 2 rings (SSSR count). The van der Waals surface area contributed by atoms with Crippen LogP contribution in [0.5, 0.6) is 0 Å². The van der Waals surface area contributed by atoms with Crippen LogP contribution in [-0.4, -0.2) is 15.6 Å². The molecule has 0 unspecified atom stereocenters. The van der Waals surface area contributed by atoms with Gasteiger partial charge in [0.2, 0.25) is 9.04 Å². The van der Waals surface area contributed by atoms with Crippen molar-refractivity contribution in [2.24, 2.45) is 0 Å². The van der Waals surface area contributed by atoms with Crippen molar-refractivity contribution in [3.8, 4) is 0 Å². The van der Waals surface area contributed by atoms with Crippen molar-refractivity contribution in [2.75, 3.05) is 6.61 Å². The van der Waals surface area contributed by atoms with Crippen LogP contribution in [0.15, 0.2) is 24.3 Å². The molecule has 1 nitrogen and oxygen atoms in total. The molecule has 0 N–H and O–H groups in total. The first kappa shape index (κ1) is 12.6. The fourth-order valence-electron chi connectivity index (χ4n) is 2.15. The molecule has 0 heterocycles. The van der Waals surface area contributed by atoms with Gasteiger partial charge in [-0.1, -0.05) is 56.5 Å². The van der Waals surface area contributed by atoms with E-state index >= 15 is 0 Å². The van der Waals surface area contributed by atoms with Crippen molar-refractivity contribution in [1.82, 2.24) is 0 Å². The van der Waals surface area contributed by atoms with Gasteiger partial charge in [-0.3, -0.25) is 0 Å². The lowest BCUT2D eigenvalue weighted by Crippen LogP contribution is -2.21. The second-order valence-electron chi connectivity index (χ2n) is 4.61. The zero-order valence-electron chi connectivity index (χ0n) is 10.8. The summed E-state index contributed by atoms with van der Waals surface area (Å²) in [6, 6.07) is 8.59. The number of fused-ring (bicyclic) bond motifs is 1. The molecular weight excluding hydrogens is 224 g/mol. The largest absolute Gasteiger partial charge is 0.412 e. The van der Waals surface area contributed by atoms with Gasteiger partial charge in [-0.05, 0) is 29.3 Å². The van der Waals surface area contributed by atoms with Crippen molar-refractivity contribution in [1.29, 1.82) is 0 Å². The lowest BCUT2D eigenvalue weighted by atomic mass is 9.98. The van der Waals surface area contributed by atoms with Gasteiger partial charge in [0, 0.05) is 6.61 Å². The summed E-state index contributed by atoms with van der Waals surface area (Å²) < 4.78 is 5.98. The average molecular weight is 245 g/mol. The van der Waals surface area contributed by atoms with Crippen LogP contribution < -0.4 is 0 Å². The van der Waals surface area contributed by atoms with Crippen LogP contribution in [-0.2, 0) is 4.43 Å². The molecular formula is C15H21OSi. The van der Waals surface area contributed by atoms with E-state index in [1.54, 1.807) is 0 Å². The van der Waals surface area contributed by atoms with E-state index in [0.29, 0.717) is 0 Å². The van der Waals surface area contributed by atoms with Gasteiger partial charge in [-0.15, -0.1) is 0 Å². The molecule has 1 aromatic rings. The van der Waals surface area contributed by atoms with Crippen LogP contribution in [0.3, 0.4) is 0 Å². The van der Waals surface area contributed by atoms with Crippen LogP contribution in [0, 0.1) is 0 Å². The van der Waals surface area contributed by atoms with Crippen molar-refractivity contribution in [3.63, 3.8) is 0 Å². The maximum absolute atomic E-state index is 5.98. The van der Waals surface area contributed by atoms with E-state index in [4.69, 9.17) is 4.43 Å². The number of hydrogen-bond acceptors (Lipinski definition) is 1. The van der Waals surface area contributed by atoms with E-state index in [1.165, 1.54) is 42.0 Å². The quantitative estimate of drug-likeness (QED) is 0.514. The minimum atomic E-state index is -0.769. The molecule has 1 aliphatic rings. The summed E-state index contributed by atoms with van der Waals surface area (Å²) in [6.45, 7) is 5.43. The molecule has 91 valence electrons. The maximum Gasteiger partial charge on any atom is 0.244 e. The van der Waals surface area contributed by atoms with E-state index in [2.05, 4.69) is 43.8 Å². The molecule has 1 aliphatic carbocycles. The van der Waals surface area contributed by atoms with Gasteiger partial charge in [0.1, 0.15) is 0 Å². The normalized spacial score (nSPS) is 13.2. The lowest BCUT2D eigenvalue weighted by molar-refractivity contribution is 0.316. The zero-order chi connectivity index (χ0) is 12.1. The van der Waals surface area contributed by atoms with E-state index < -0.39 is 9.04 Å². The average Bonchev–Trinajstić information content (AvgIpc) is 2.30. The SMILES string of the molecule is CCCCCCO[Si](C)C1=Cc2ccccc21. The van der Waals surface area contributed by atoms with E-state index in [1.807, 2.05) is 0 Å². The third-order valence-electron chi connectivity index (χ3n) is 3.25. The minimum Gasteiger partial charge on any atom is -0.412 e. The van der Waals surface area contributed by atoms with Gasteiger partial charge in [0.15, 0.2) is 0 Å². The first-order chi connectivity index (χ1) is 8.33. The summed E-state index contributed by atoms with van der Waals surface area (Å²) in [7, 11) is -0.769. The molecule has 0 saturated carbocycles. The smallest absolute Gasteiger partial charge is 0.244 e. The van der Waals surface area contributed by atoms with Gasteiger partial charge >= 0.3 is 0 Å². The summed E-state index contributed by atoms with van der Waals surface area (Å²) in [4.78, 5) is 0. The Morgan fingerprint density at radius 2 is 1.94 bits per heavy atom. The first-order valence-corrected chi connectivity index (χ1v) is 8.51. The zero-order valence-corrected chi connectivity index (χ0v) is 11.8. The molecule has 0 fully saturated rings. The molecule has 17 heavy (non-hydrogen) atoms. The molecule has 0 bridgehead atoms. The molecule has 2 heteroatoms. The monoisotopic (exact) mass is 245 g/mol. The molecule has 1 radical (unpaired) electrons. The second kappa shape index (κ2) is 6.17. The molecule has 0 aliphatic heterocycles. The first-order valence-electron chi connectivity index (χ1n) is 6.60. The second-order valence-corrected chi connectivity index (χ2v) is 6.55.